The average molecular weight is 304 g/mol. The van der Waals surface area contributed by atoms with E-state index in [-0.39, 0.29) is 11.7 Å². The van der Waals surface area contributed by atoms with E-state index in [0.717, 1.165) is 18.7 Å². The standard InChI is InChI=1S/C15H20N4O3/c1-21-14-8-7-12(22-14)15(20)16-9-13-18-17-10-19(13)11-5-3-2-4-6-11/h7-8,10-11H,2-6,9H2,1H3,(H,16,20). The molecule has 1 aliphatic rings. The summed E-state index contributed by atoms with van der Waals surface area (Å²) < 4.78 is 12.2. The largest absolute Gasteiger partial charge is 0.468 e. The molecule has 2 heterocycles. The molecular weight excluding hydrogens is 284 g/mol. The summed E-state index contributed by atoms with van der Waals surface area (Å²) in [7, 11) is 1.49. The molecule has 7 nitrogen and oxygen atoms in total. The molecule has 1 amide bonds. The van der Waals surface area contributed by atoms with Crippen molar-refractivity contribution in [2.24, 2.45) is 0 Å². The number of nitrogens with one attached hydrogen (secondary N) is 1. The highest BCUT2D eigenvalue weighted by Crippen LogP contribution is 2.28. The van der Waals surface area contributed by atoms with E-state index >= 15 is 0 Å². The number of amides is 1. The molecule has 0 aliphatic heterocycles. The summed E-state index contributed by atoms with van der Waals surface area (Å²) >= 11 is 0. The Balaban J connectivity index is 1.61. The van der Waals surface area contributed by atoms with E-state index in [9.17, 15) is 4.79 Å². The molecule has 0 bridgehead atoms. The molecule has 7 heteroatoms. The van der Waals surface area contributed by atoms with Gasteiger partial charge in [-0.25, -0.2) is 0 Å². The van der Waals surface area contributed by atoms with Crippen molar-refractivity contribution in [1.82, 2.24) is 20.1 Å². The number of methoxy groups -OCH3 is 1. The fourth-order valence-electron chi connectivity index (χ4n) is 2.86. The van der Waals surface area contributed by atoms with E-state index in [1.807, 2.05) is 0 Å². The maximum Gasteiger partial charge on any atom is 0.287 e. The molecule has 0 saturated heterocycles. The van der Waals surface area contributed by atoms with Crippen LogP contribution in [0.15, 0.2) is 22.9 Å². The highest BCUT2D eigenvalue weighted by Gasteiger charge is 2.19. The molecule has 0 unspecified atom stereocenters. The van der Waals surface area contributed by atoms with Gasteiger partial charge in [-0.05, 0) is 18.9 Å². The summed E-state index contributed by atoms with van der Waals surface area (Å²) in [6, 6.07) is 3.64. The van der Waals surface area contributed by atoms with Crippen molar-refractivity contribution in [2.75, 3.05) is 7.11 Å². The van der Waals surface area contributed by atoms with Crippen molar-refractivity contribution >= 4 is 5.91 Å². The molecule has 0 spiro atoms. The molecule has 1 aliphatic carbocycles. The van der Waals surface area contributed by atoms with Gasteiger partial charge in [0.2, 0.25) is 0 Å². The first-order valence-electron chi connectivity index (χ1n) is 7.58. The van der Waals surface area contributed by atoms with Crippen LogP contribution in [0.4, 0.5) is 0 Å². The Hall–Kier alpha value is -2.31. The van der Waals surface area contributed by atoms with Crippen LogP contribution in [0.3, 0.4) is 0 Å². The van der Waals surface area contributed by atoms with Gasteiger partial charge in [0.1, 0.15) is 6.33 Å². The van der Waals surface area contributed by atoms with Gasteiger partial charge in [-0.1, -0.05) is 19.3 Å². The smallest absolute Gasteiger partial charge is 0.287 e. The lowest BCUT2D eigenvalue weighted by Gasteiger charge is -2.23. The number of rotatable bonds is 5. The van der Waals surface area contributed by atoms with Gasteiger partial charge < -0.3 is 19.0 Å². The molecular formula is C15H20N4O3. The minimum atomic E-state index is -0.290. The first-order valence-corrected chi connectivity index (χ1v) is 7.58. The number of aromatic nitrogens is 3. The van der Waals surface area contributed by atoms with Gasteiger partial charge in [0, 0.05) is 12.1 Å². The first-order chi connectivity index (χ1) is 10.8. The van der Waals surface area contributed by atoms with Crippen LogP contribution in [0.2, 0.25) is 0 Å². The number of nitrogens with zero attached hydrogens (tertiary/aromatic N) is 3. The molecule has 22 heavy (non-hydrogen) atoms. The van der Waals surface area contributed by atoms with Crippen LogP contribution in [0, 0.1) is 0 Å². The van der Waals surface area contributed by atoms with Crippen LogP contribution < -0.4 is 10.1 Å². The van der Waals surface area contributed by atoms with Gasteiger partial charge >= 0.3 is 0 Å². The van der Waals surface area contributed by atoms with Crippen molar-refractivity contribution in [3.8, 4) is 5.95 Å². The fourth-order valence-corrected chi connectivity index (χ4v) is 2.86. The van der Waals surface area contributed by atoms with Crippen molar-refractivity contribution < 1.29 is 13.9 Å². The van der Waals surface area contributed by atoms with Crippen LogP contribution >= 0.6 is 0 Å². The Kier molecular flexibility index (Phi) is 4.41. The maximum atomic E-state index is 12.0. The SMILES string of the molecule is COc1ccc(C(=O)NCc2nncn2C2CCCCC2)o1. The van der Waals surface area contributed by atoms with E-state index in [2.05, 4.69) is 20.1 Å². The quantitative estimate of drug-likeness (QED) is 0.916. The Bertz CT molecular complexity index is 628. The number of hydrogen-bond donors (Lipinski definition) is 1. The zero-order valence-corrected chi connectivity index (χ0v) is 12.6. The molecule has 118 valence electrons. The summed E-state index contributed by atoms with van der Waals surface area (Å²) in [5.74, 6) is 1.02. The molecule has 3 rings (SSSR count). The molecule has 1 N–H and O–H groups in total. The number of carbonyl (C=O) groups excluding carboxylic acids is 1. The van der Waals surface area contributed by atoms with Gasteiger partial charge in [-0.3, -0.25) is 4.79 Å². The van der Waals surface area contributed by atoms with Gasteiger partial charge in [-0.2, -0.15) is 0 Å². The lowest BCUT2D eigenvalue weighted by atomic mass is 9.95. The third-order valence-electron chi connectivity index (χ3n) is 4.03. The average Bonchev–Trinajstić information content (AvgIpc) is 3.22. The van der Waals surface area contributed by atoms with Crippen LogP contribution in [0.5, 0.6) is 5.95 Å². The normalized spacial score (nSPS) is 15.7. The van der Waals surface area contributed by atoms with Crippen molar-refractivity contribution in [3.63, 3.8) is 0 Å². The van der Waals surface area contributed by atoms with E-state index < -0.39 is 0 Å². The molecule has 2 aromatic heterocycles. The van der Waals surface area contributed by atoms with Crippen molar-refractivity contribution in [3.05, 3.63) is 30.0 Å². The van der Waals surface area contributed by atoms with E-state index in [0.29, 0.717) is 18.5 Å². The van der Waals surface area contributed by atoms with Crippen LogP contribution in [0.25, 0.3) is 0 Å². The highest BCUT2D eigenvalue weighted by molar-refractivity contribution is 5.91. The number of ether oxygens (including phenoxy) is 1. The van der Waals surface area contributed by atoms with E-state index in [4.69, 9.17) is 9.15 Å². The topological polar surface area (TPSA) is 82.2 Å². The maximum absolute atomic E-state index is 12.0. The lowest BCUT2D eigenvalue weighted by Crippen LogP contribution is -2.25. The molecule has 2 aromatic rings. The summed E-state index contributed by atoms with van der Waals surface area (Å²) in [6.45, 7) is 0.332. The molecule has 1 fully saturated rings. The first kappa shape index (κ1) is 14.6. The van der Waals surface area contributed by atoms with Crippen molar-refractivity contribution in [2.45, 2.75) is 44.7 Å². The zero-order valence-electron chi connectivity index (χ0n) is 12.6. The predicted octanol–water partition coefficient (Wildman–Crippen LogP) is 2.31. The van der Waals surface area contributed by atoms with Crippen LogP contribution in [0.1, 0.15) is 54.5 Å². The van der Waals surface area contributed by atoms with Gasteiger partial charge in [0.25, 0.3) is 11.9 Å². The second kappa shape index (κ2) is 6.64. The monoisotopic (exact) mass is 304 g/mol. The summed E-state index contributed by atoms with van der Waals surface area (Å²) in [6.07, 6.45) is 7.82. The Morgan fingerprint density at radius 3 is 2.95 bits per heavy atom. The second-order valence-electron chi connectivity index (χ2n) is 5.45. The number of furan rings is 1. The lowest BCUT2D eigenvalue weighted by molar-refractivity contribution is 0.0915. The minimum absolute atomic E-state index is 0.223. The summed E-state index contributed by atoms with van der Waals surface area (Å²) in [5.41, 5.74) is 0. The third kappa shape index (κ3) is 3.13. The minimum Gasteiger partial charge on any atom is -0.468 e. The number of carbonyl (C=O) groups is 1. The fraction of sp³-hybridized carbons (Fsp3) is 0.533. The third-order valence-corrected chi connectivity index (χ3v) is 4.03. The van der Waals surface area contributed by atoms with Crippen molar-refractivity contribution in [1.29, 1.82) is 0 Å². The molecule has 0 atom stereocenters. The Morgan fingerprint density at radius 2 is 2.23 bits per heavy atom. The van der Waals surface area contributed by atoms with Gasteiger partial charge in [-0.15, -0.1) is 10.2 Å². The molecule has 0 radical (unpaired) electrons. The Morgan fingerprint density at radius 1 is 1.41 bits per heavy atom. The summed E-state index contributed by atoms with van der Waals surface area (Å²) in [5, 5.41) is 10.9. The highest BCUT2D eigenvalue weighted by atomic mass is 16.6. The Labute approximate surface area is 128 Å². The van der Waals surface area contributed by atoms with Crippen LogP contribution in [-0.4, -0.2) is 27.8 Å². The molecule has 0 aromatic carbocycles. The second-order valence-corrected chi connectivity index (χ2v) is 5.45. The summed E-state index contributed by atoms with van der Waals surface area (Å²) in [4.78, 5) is 12.0. The predicted molar refractivity (Wildman–Crippen MR) is 78.6 cm³/mol. The number of hydrogen-bond acceptors (Lipinski definition) is 5. The van der Waals surface area contributed by atoms with E-state index in [1.54, 1.807) is 18.5 Å². The van der Waals surface area contributed by atoms with Crippen LogP contribution in [-0.2, 0) is 6.54 Å². The van der Waals surface area contributed by atoms with Gasteiger partial charge in [0.05, 0.1) is 13.7 Å². The molecule has 1 saturated carbocycles. The van der Waals surface area contributed by atoms with Gasteiger partial charge in [0.15, 0.2) is 11.6 Å². The van der Waals surface area contributed by atoms with E-state index in [1.165, 1.54) is 26.4 Å². The zero-order chi connectivity index (χ0) is 15.4.